The van der Waals surface area contributed by atoms with Crippen LogP contribution < -0.4 is 9.64 Å². The van der Waals surface area contributed by atoms with E-state index in [4.69, 9.17) is 4.74 Å². The lowest BCUT2D eigenvalue weighted by atomic mass is 10.0. The maximum atomic E-state index is 13.2. The fourth-order valence-corrected chi connectivity index (χ4v) is 4.08. The predicted molar refractivity (Wildman–Crippen MR) is 127 cm³/mol. The third-order valence-electron chi connectivity index (χ3n) is 6.11. The number of aliphatic hydroxyl groups excluding tert-OH is 1. The van der Waals surface area contributed by atoms with Crippen LogP contribution in [-0.2, 0) is 17.8 Å². The summed E-state index contributed by atoms with van der Waals surface area (Å²) in [5.74, 6) is 0.869. The number of nitrogens with zero attached hydrogens (tertiary/aromatic N) is 4. The number of carbonyl (C=O) groups is 1. The fraction of sp³-hybridized carbons (Fsp3) is 0.520. The van der Waals surface area contributed by atoms with Gasteiger partial charge in [-0.3, -0.25) is 14.7 Å². The lowest BCUT2D eigenvalue weighted by molar-refractivity contribution is -0.134. The molecule has 0 radical (unpaired) electrons. The highest BCUT2D eigenvalue weighted by atomic mass is 16.5. The first-order valence-electron chi connectivity index (χ1n) is 11.2. The molecule has 1 aliphatic heterocycles. The van der Waals surface area contributed by atoms with Crippen molar-refractivity contribution in [2.75, 3.05) is 45.7 Å². The molecule has 174 valence electrons. The summed E-state index contributed by atoms with van der Waals surface area (Å²) in [5.41, 5.74) is 3.10. The molecular weight excluding hydrogens is 404 g/mol. The molecule has 1 amide bonds. The molecule has 1 aliphatic rings. The van der Waals surface area contributed by atoms with Gasteiger partial charge < -0.3 is 19.6 Å². The molecule has 3 rings (SSSR count). The van der Waals surface area contributed by atoms with Gasteiger partial charge in [-0.15, -0.1) is 0 Å². The van der Waals surface area contributed by atoms with Gasteiger partial charge in [0.15, 0.2) is 0 Å². The SMILES string of the molecule is C[C@H]1CN([C@@H](C)CO)C(=O)Cc2cc(N(C)C)ccc2O[C@@H]1CN(C)Cc1ccncc1. The average Bonchev–Trinajstić information content (AvgIpc) is 2.81. The van der Waals surface area contributed by atoms with Gasteiger partial charge in [0.1, 0.15) is 11.9 Å². The van der Waals surface area contributed by atoms with Gasteiger partial charge in [0, 0.05) is 63.3 Å². The molecule has 0 aliphatic carbocycles. The number of likely N-dealkylation sites (N-methyl/N-ethyl adjacent to an activating group) is 1. The quantitative estimate of drug-likeness (QED) is 0.713. The Balaban J connectivity index is 1.89. The highest BCUT2D eigenvalue weighted by molar-refractivity contribution is 5.80. The molecule has 1 aromatic carbocycles. The van der Waals surface area contributed by atoms with Gasteiger partial charge in [-0.1, -0.05) is 6.92 Å². The number of carbonyl (C=O) groups excluding carboxylic acids is 1. The van der Waals surface area contributed by atoms with Crippen molar-refractivity contribution >= 4 is 11.6 Å². The third-order valence-corrected chi connectivity index (χ3v) is 6.11. The number of anilines is 1. The zero-order valence-electron chi connectivity index (χ0n) is 19.9. The van der Waals surface area contributed by atoms with Crippen molar-refractivity contribution in [3.8, 4) is 5.75 Å². The van der Waals surface area contributed by atoms with Crippen molar-refractivity contribution in [3.63, 3.8) is 0 Å². The number of fused-ring (bicyclic) bond motifs is 1. The van der Waals surface area contributed by atoms with E-state index >= 15 is 0 Å². The summed E-state index contributed by atoms with van der Waals surface area (Å²) >= 11 is 0. The minimum Gasteiger partial charge on any atom is -0.488 e. The summed E-state index contributed by atoms with van der Waals surface area (Å²) < 4.78 is 6.57. The van der Waals surface area contributed by atoms with Crippen molar-refractivity contribution in [1.29, 1.82) is 0 Å². The van der Waals surface area contributed by atoms with Crippen LogP contribution in [0.2, 0.25) is 0 Å². The van der Waals surface area contributed by atoms with Crippen LogP contribution in [0.3, 0.4) is 0 Å². The van der Waals surface area contributed by atoms with Gasteiger partial charge >= 0.3 is 0 Å². The van der Waals surface area contributed by atoms with Crippen molar-refractivity contribution in [1.82, 2.24) is 14.8 Å². The van der Waals surface area contributed by atoms with Crippen LogP contribution in [0.1, 0.15) is 25.0 Å². The Morgan fingerprint density at radius 3 is 2.59 bits per heavy atom. The number of ether oxygens (including phenoxy) is 1. The Bertz CT molecular complexity index is 890. The lowest BCUT2D eigenvalue weighted by Gasteiger charge is -2.34. The number of rotatable bonds is 7. The number of benzene rings is 1. The molecule has 0 fully saturated rings. The number of hydrogen-bond acceptors (Lipinski definition) is 6. The zero-order chi connectivity index (χ0) is 23.3. The predicted octanol–water partition coefficient (Wildman–Crippen LogP) is 2.43. The van der Waals surface area contributed by atoms with E-state index in [2.05, 4.69) is 23.9 Å². The van der Waals surface area contributed by atoms with E-state index in [0.717, 1.165) is 23.5 Å². The molecule has 7 nitrogen and oxygen atoms in total. The van der Waals surface area contributed by atoms with Crippen LogP contribution in [0, 0.1) is 5.92 Å². The van der Waals surface area contributed by atoms with Gasteiger partial charge in [0.2, 0.25) is 5.91 Å². The highest BCUT2D eigenvalue weighted by Crippen LogP contribution is 2.30. The van der Waals surface area contributed by atoms with Crippen molar-refractivity contribution in [3.05, 3.63) is 53.9 Å². The van der Waals surface area contributed by atoms with Crippen LogP contribution in [-0.4, -0.2) is 78.8 Å². The summed E-state index contributed by atoms with van der Waals surface area (Å²) in [4.78, 5) is 23.4. The van der Waals surface area contributed by atoms with E-state index in [-0.39, 0.29) is 37.0 Å². The van der Waals surface area contributed by atoms with Crippen LogP contribution >= 0.6 is 0 Å². The molecule has 2 heterocycles. The minimum atomic E-state index is -0.237. The molecule has 0 saturated carbocycles. The molecule has 0 unspecified atom stereocenters. The molecule has 7 heteroatoms. The topological polar surface area (TPSA) is 69.1 Å². The van der Waals surface area contributed by atoms with Gasteiger partial charge in [0.05, 0.1) is 19.1 Å². The molecule has 0 bridgehead atoms. The normalized spacial score (nSPS) is 20.1. The van der Waals surface area contributed by atoms with E-state index in [1.165, 1.54) is 5.56 Å². The first-order chi connectivity index (χ1) is 15.3. The largest absolute Gasteiger partial charge is 0.488 e. The highest BCUT2D eigenvalue weighted by Gasteiger charge is 2.31. The Morgan fingerprint density at radius 1 is 1.22 bits per heavy atom. The second kappa shape index (κ2) is 10.8. The van der Waals surface area contributed by atoms with Crippen LogP contribution in [0.5, 0.6) is 5.75 Å². The van der Waals surface area contributed by atoms with Crippen molar-refractivity contribution in [2.24, 2.45) is 5.92 Å². The van der Waals surface area contributed by atoms with Crippen molar-refractivity contribution < 1.29 is 14.6 Å². The first kappa shape index (κ1) is 24.0. The number of hydrogen-bond donors (Lipinski definition) is 1. The summed E-state index contributed by atoms with van der Waals surface area (Å²) in [6.07, 6.45) is 3.76. The molecule has 3 atom stereocenters. The van der Waals surface area contributed by atoms with Crippen LogP contribution in [0.25, 0.3) is 0 Å². The second-order valence-electron chi connectivity index (χ2n) is 9.13. The van der Waals surface area contributed by atoms with E-state index in [0.29, 0.717) is 13.1 Å². The number of aliphatic hydroxyl groups is 1. The number of amides is 1. The molecule has 0 spiro atoms. The minimum absolute atomic E-state index is 0.0185. The first-order valence-corrected chi connectivity index (χ1v) is 11.2. The zero-order valence-corrected chi connectivity index (χ0v) is 19.9. The fourth-order valence-electron chi connectivity index (χ4n) is 4.08. The summed E-state index contributed by atoms with van der Waals surface area (Å²) in [5, 5.41) is 9.77. The molecular formula is C25H36N4O3. The third kappa shape index (κ3) is 5.99. The molecule has 32 heavy (non-hydrogen) atoms. The summed E-state index contributed by atoms with van der Waals surface area (Å²) in [6.45, 7) is 6.00. The van der Waals surface area contributed by atoms with Gasteiger partial charge in [-0.2, -0.15) is 0 Å². The smallest absolute Gasteiger partial charge is 0.227 e. The standard InChI is InChI=1S/C25H36N4O3/c1-18-14-29(19(2)17-30)25(31)13-21-12-22(27(3)4)6-7-23(21)32-24(18)16-28(5)15-20-8-10-26-11-9-20/h6-12,18-19,24,30H,13-17H2,1-5H3/t18-,19-,24+/m0/s1. The van der Waals surface area contributed by atoms with E-state index in [1.54, 1.807) is 17.3 Å². The Kier molecular flexibility index (Phi) is 8.10. The Morgan fingerprint density at radius 2 is 1.94 bits per heavy atom. The Hall–Kier alpha value is -2.64. The molecule has 1 N–H and O–H groups in total. The second-order valence-corrected chi connectivity index (χ2v) is 9.13. The van der Waals surface area contributed by atoms with Gasteiger partial charge in [0.25, 0.3) is 0 Å². The monoisotopic (exact) mass is 440 g/mol. The molecule has 2 aromatic rings. The molecule has 0 saturated heterocycles. The summed E-state index contributed by atoms with van der Waals surface area (Å²) in [7, 11) is 6.05. The lowest BCUT2D eigenvalue weighted by Crippen LogP contribution is -2.47. The maximum Gasteiger partial charge on any atom is 0.227 e. The van der Waals surface area contributed by atoms with Gasteiger partial charge in [-0.25, -0.2) is 0 Å². The van der Waals surface area contributed by atoms with E-state index in [1.807, 2.05) is 56.3 Å². The Labute approximate surface area is 191 Å². The summed E-state index contributed by atoms with van der Waals surface area (Å²) in [6, 6.07) is 9.84. The van der Waals surface area contributed by atoms with Crippen molar-refractivity contribution in [2.45, 2.75) is 39.0 Å². The number of pyridine rings is 1. The maximum absolute atomic E-state index is 13.2. The van der Waals surface area contributed by atoms with Gasteiger partial charge in [-0.05, 0) is 49.9 Å². The van der Waals surface area contributed by atoms with Crippen LogP contribution in [0.15, 0.2) is 42.7 Å². The molecule has 1 aromatic heterocycles. The van der Waals surface area contributed by atoms with Crippen LogP contribution in [0.4, 0.5) is 5.69 Å². The average molecular weight is 441 g/mol. The number of aromatic nitrogens is 1. The van der Waals surface area contributed by atoms with E-state index in [9.17, 15) is 9.90 Å². The van der Waals surface area contributed by atoms with E-state index < -0.39 is 0 Å².